The van der Waals surface area contributed by atoms with Gasteiger partial charge in [0.25, 0.3) is 0 Å². The molecule has 2 rings (SSSR count). The van der Waals surface area contributed by atoms with E-state index < -0.39 is 0 Å². The molecule has 2 heteroatoms. The predicted molar refractivity (Wildman–Crippen MR) is 70.9 cm³/mol. The lowest BCUT2D eigenvalue weighted by molar-refractivity contribution is -0.125. The number of carbonyl (C=O) groups excluding carboxylic acids is 1. The quantitative estimate of drug-likeness (QED) is 0.817. The second-order valence-electron chi connectivity index (χ2n) is 6.50. The Morgan fingerprint density at radius 3 is 2.47 bits per heavy atom. The molecule has 2 aliphatic rings. The van der Waals surface area contributed by atoms with Gasteiger partial charge in [0.05, 0.1) is 0 Å². The van der Waals surface area contributed by atoms with Gasteiger partial charge < -0.3 is 5.32 Å². The maximum Gasteiger partial charge on any atom is 0.136 e. The van der Waals surface area contributed by atoms with Crippen LogP contribution in [0.1, 0.15) is 52.4 Å². The standard InChI is InChI=1S/C15H27NO/c1-11-6-12(2)8-14(7-11)15(17)9-13-4-3-5-16-10-13/h11-14,16H,3-10H2,1-2H3. The molecule has 0 bridgehead atoms. The average Bonchev–Trinajstić information content (AvgIpc) is 2.29. The minimum atomic E-state index is 0.371. The molecule has 1 aliphatic heterocycles. The van der Waals surface area contributed by atoms with Crippen LogP contribution in [0.2, 0.25) is 0 Å². The molecule has 0 aromatic rings. The average molecular weight is 237 g/mol. The summed E-state index contributed by atoms with van der Waals surface area (Å²) in [5.74, 6) is 3.03. The van der Waals surface area contributed by atoms with E-state index in [1.54, 1.807) is 0 Å². The summed E-state index contributed by atoms with van der Waals surface area (Å²) < 4.78 is 0. The smallest absolute Gasteiger partial charge is 0.136 e. The molecule has 3 unspecified atom stereocenters. The third-order valence-electron chi connectivity index (χ3n) is 4.52. The molecule has 1 saturated heterocycles. The Labute approximate surface area is 106 Å². The maximum atomic E-state index is 12.3. The van der Waals surface area contributed by atoms with Gasteiger partial charge in [-0.25, -0.2) is 0 Å². The Hall–Kier alpha value is -0.370. The summed E-state index contributed by atoms with van der Waals surface area (Å²) in [6.45, 7) is 6.81. The summed E-state index contributed by atoms with van der Waals surface area (Å²) in [5.41, 5.74) is 0. The second-order valence-corrected chi connectivity index (χ2v) is 6.50. The highest BCUT2D eigenvalue weighted by Crippen LogP contribution is 2.34. The lowest BCUT2D eigenvalue weighted by Gasteiger charge is -2.32. The molecule has 1 aliphatic carbocycles. The molecule has 3 atom stereocenters. The number of ketones is 1. The molecule has 0 aromatic heterocycles. The van der Waals surface area contributed by atoms with Crippen LogP contribution in [0, 0.1) is 23.7 Å². The largest absolute Gasteiger partial charge is 0.316 e. The van der Waals surface area contributed by atoms with E-state index in [0.717, 1.165) is 44.2 Å². The van der Waals surface area contributed by atoms with Crippen molar-refractivity contribution >= 4 is 5.78 Å². The predicted octanol–water partition coefficient (Wildman–Crippen LogP) is 3.02. The topological polar surface area (TPSA) is 29.1 Å². The highest BCUT2D eigenvalue weighted by atomic mass is 16.1. The van der Waals surface area contributed by atoms with E-state index in [1.807, 2.05) is 0 Å². The zero-order valence-corrected chi connectivity index (χ0v) is 11.4. The first-order chi connectivity index (χ1) is 8.15. The van der Waals surface area contributed by atoms with Crippen LogP contribution in [0.4, 0.5) is 0 Å². The van der Waals surface area contributed by atoms with E-state index in [-0.39, 0.29) is 0 Å². The summed E-state index contributed by atoms with van der Waals surface area (Å²) in [5, 5.41) is 3.41. The first kappa shape index (κ1) is 13.1. The highest BCUT2D eigenvalue weighted by molar-refractivity contribution is 5.81. The molecular formula is C15H27NO. The van der Waals surface area contributed by atoms with Crippen molar-refractivity contribution in [3.8, 4) is 0 Å². The van der Waals surface area contributed by atoms with Crippen molar-refractivity contribution in [3.63, 3.8) is 0 Å². The number of piperidine rings is 1. The molecule has 1 saturated carbocycles. The van der Waals surface area contributed by atoms with E-state index >= 15 is 0 Å². The maximum absolute atomic E-state index is 12.3. The van der Waals surface area contributed by atoms with Crippen molar-refractivity contribution < 1.29 is 4.79 Å². The third-order valence-corrected chi connectivity index (χ3v) is 4.52. The van der Waals surface area contributed by atoms with Gasteiger partial charge in [-0.1, -0.05) is 13.8 Å². The van der Waals surface area contributed by atoms with Gasteiger partial charge in [-0.2, -0.15) is 0 Å². The zero-order valence-electron chi connectivity index (χ0n) is 11.4. The first-order valence-corrected chi connectivity index (χ1v) is 7.38. The Morgan fingerprint density at radius 2 is 1.88 bits per heavy atom. The molecule has 0 spiro atoms. The molecule has 2 nitrogen and oxygen atoms in total. The van der Waals surface area contributed by atoms with E-state index in [1.165, 1.54) is 19.3 Å². The lowest BCUT2D eigenvalue weighted by atomic mass is 9.73. The van der Waals surface area contributed by atoms with Gasteiger partial charge in [-0.15, -0.1) is 0 Å². The van der Waals surface area contributed by atoms with Crippen molar-refractivity contribution in [2.75, 3.05) is 13.1 Å². The van der Waals surface area contributed by atoms with Crippen LogP contribution in [0.5, 0.6) is 0 Å². The number of rotatable bonds is 3. The van der Waals surface area contributed by atoms with Gasteiger partial charge in [-0.05, 0) is 62.9 Å². The number of hydrogen-bond donors (Lipinski definition) is 1. The summed E-state index contributed by atoms with van der Waals surface area (Å²) in [6.07, 6.45) is 6.92. The minimum absolute atomic E-state index is 0.371. The number of Topliss-reactive ketones (excluding diaryl/α,β-unsaturated/α-hetero) is 1. The molecule has 0 aromatic carbocycles. The Bertz CT molecular complexity index is 248. The third kappa shape index (κ3) is 3.80. The fraction of sp³-hybridized carbons (Fsp3) is 0.933. The number of carbonyl (C=O) groups is 1. The fourth-order valence-electron chi connectivity index (χ4n) is 3.76. The van der Waals surface area contributed by atoms with Crippen LogP contribution in [0.25, 0.3) is 0 Å². The molecule has 1 N–H and O–H groups in total. The minimum Gasteiger partial charge on any atom is -0.316 e. The van der Waals surface area contributed by atoms with Crippen molar-refractivity contribution in [2.45, 2.75) is 52.4 Å². The molecule has 2 fully saturated rings. The summed E-state index contributed by atoms with van der Waals surface area (Å²) in [4.78, 5) is 12.3. The van der Waals surface area contributed by atoms with Gasteiger partial charge in [0.1, 0.15) is 5.78 Å². The molecule has 0 amide bonds. The Kier molecular flexibility index (Phi) is 4.61. The van der Waals surface area contributed by atoms with Crippen LogP contribution in [0.15, 0.2) is 0 Å². The lowest BCUT2D eigenvalue weighted by Crippen LogP contribution is -2.33. The van der Waals surface area contributed by atoms with Crippen LogP contribution < -0.4 is 5.32 Å². The van der Waals surface area contributed by atoms with Gasteiger partial charge >= 0.3 is 0 Å². The first-order valence-electron chi connectivity index (χ1n) is 7.38. The van der Waals surface area contributed by atoms with E-state index in [9.17, 15) is 4.79 Å². The normalized spacial score (nSPS) is 38.9. The summed E-state index contributed by atoms with van der Waals surface area (Å²) in [7, 11) is 0. The van der Waals surface area contributed by atoms with Crippen molar-refractivity contribution in [2.24, 2.45) is 23.7 Å². The fourth-order valence-corrected chi connectivity index (χ4v) is 3.76. The van der Waals surface area contributed by atoms with E-state index in [2.05, 4.69) is 19.2 Å². The van der Waals surface area contributed by atoms with Crippen molar-refractivity contribution in [1.82, 2.24) is 5.32 Å². The van der Waals surface area contributed by atoms with Gasteiger partial charge in [0, 0.05) is 12.3 Å². The van der Waals surface area contributed by atoms with Crippen LogP contribution in [-0.4, -0.2) is 18.9 Å². The molecular weight excluding hydrogens is 210 g/mol. The van der Waals surface area contributed by atoms with Gasteiger partial charge in [0.15, 0.2) is 0 Å². The van der Waals surface area contributed by atoms with Crippen molar-refractivity contribution in [1.29, 1.82) is 0 Å². The van der Waals surface area contributed by atoms with Crippen LogP contribution >= 0.6 is 0 Å². The Balaban J connectivity index is 1.81. The molecule has 98 valence electrons. The molecule has 0 radical (unpaired) electrons. The van der Waals surface area contributed by atoms with Crippen LogP contribution in [0.3, 0.4) is 0 Å². The highest BCUT2D eigenvalue weighted by Gasteiger charge is 2.30. The molecule has 1 heterocycles. The zero-order chi connectivity index (χ0) is 12.3. The number of hydrogen-bond acceptors (Lipinski definition) is 2. The summed E-state index contributed by atoms with van der Waals surface area (Å²) >= 11 is 0. The Morgan fingerprint density at radius 1 is 1.18 bits per heavy atom. The van der Waals surface area contributed by atoms with Crippen LogP contribution in [-0.2, 0) is 4.79 Å². The number of nitrogens with one attached hydrogen (secondary N) is 1. The van der Waals surface area contributed by atoms with E-state index in [0.29, 0.717) is 17.6 Å². The van der Waals surface area contributed by atoms with Crippen molar-refractivity contribution in [3.05, 3.63) is 0 Å². The van der Waals surface area contributed by atoms with Gasteiger partial charge in [0.2, 0.25) is 0 Å². The van der Waals surface area contributed by atoms with E-state index in [4.69, 9.17) is 0 Å². The van der Waals surface area contributed by atoms with Gasteiger partial charge in [-0.3, -0.25) is 4.79 Å². The molecule has 17 heavy (non-hydrogen) atoms. The second kappa shape index (κ2) is 5.99. The monoisotopic (exact) mass is 237 g/mol. The SMILES string of the molecule is CC1CC(C)CC(C(=O)CC2CCCNC2)C1. The summed E-state index contributed by atoms with van der Waals surface area (Å²) in [6, 6.07) is 0.